The van der Waals surface area contributed by atoms with Crippen LogP contribution in [-0.4, -0.2) is 52.7 Å². The summed E-state index contributed by atoms with van der Waals surface area (Å²) < 4.78 is 6.65. The molecule has 0 spiro atoms. The standard InChI is InChI=1S/C21H22N4O3/c1-6-13-10-15(17-9-8-14(12-22-17)20(26)24(3)4)11-16-18(21(27)28-5)23-25(7-2)19(13)16/h6,8-12H,1,7H2,2-5H3. The van der Waals surface area contributed by atoms with E-state index in [-0.39, 0.29) is 11.6 Å². The molecule has 0 bridgehead atoms. The van der Waals surface area contributed by atoms with Gasteiger partial charge in [0.1, 0.15) is 0 Å². The summed E-state index contributed by atoms with van der Waals surface area (Å²) in [5.41, 5.74) is 3.90. The van der Waals surface area contributed by atoms with Crippen molar-refractivity contribution in [2.75, 3.05) is 21.2 Å². The molecule has 144 valence electrons. The van der Waals surface area contributed by atoms with E-state index in [0.717, 1.165) is 16.6 Å². The fourth-order valence-electron chi connectivity index (χ4n) is 3.08. The van der Waals surface area contributed by atoms with Gasteiger partial charge in [-0.1, -0.05) is 12.7 Å². The number of hydrogen-bond acceptors (Lipinski definition) is 5. The van der Waals surface area contributed by atoms with Gasteiger partial charge in [0.15, 0.2) is 5.69 Å². The minimum Gasteiger partial charge on any atom is -0.464 e. The molecule has 0 aliphatic carbocycles. The van der Waals surface area contributed by atoms with E-state index in [1.54, 1.807) is 43.2 Å². The van der Waals surface area contributed by atoms with Crippen molar-refractivity contribution in [3.63, 3.8) is 0 Å². The molecule has 1 aromatic carbocycles. The summed E-state index contributed by atoms with van der Waals surface area (Å²) in [5, 5.41) is 5.08. The monoisotopic (exact) mass is 378 g/mol. The molecule has 3 aromatic rings. The number of fused-ring (bicyclic) bond motifs is 1. The van der Waals surface area contributed by atoms with Crippen LogP contribution in [0.15, 0.2) is 37.0 Å². The zero-order chi connectivity index (χ0) is 20.4. The second-order valence-corrected chi connectivity index (χ2v) is 6.45. The Morgan fingerprint density at radius 1 is 1.29 bits per heavy atom. The lowest BCUT2D eigenvalue weighted by atomic mass is 10.0. The third-order valence-corrected chi connectivity index (χ3v) is 4.48. The van der Waals surface area contributed by atoms with Crippen LogP contribution in [0.1, 0.15) is 33.3 Å². The lowest BCUT2D eigenvalue weighted by molar-refractivity contribution is 0.0595. The highest BCUT2D eigenvalue weighted by molar-refractivity contribution is 6.05. The normalized spacial score (nSPS) is 10.7. The smallest absolute Gasteiger partial charge is 0.359 e. The average molecular weight is 378 g/mol. The van der Waals surface area contributed by atoms with E-state index in [1.165, 1.54) is 12.0 Å². The Balaban J connectivity index is 2.18. The lowest BCUT2D eigenvalue weighted by Crippen LogP contribution is -2.21. The van der Waals surface area contributed by atoms with Gasteiger partial charge in [0.25, 0.3) is 5.91 Å². The molecular formula is C21H22N4O3. The average Bonchev–Trinajstić information content (AvgIpc) is 3.10. The van der Waals surface area contributed by atoms with Crippen LogP contribution < -0.4 is 0 Å². The molecule has 0 unspecified atom stereocenters. The predicted octanol–water partition coefficient (Wildman–Crippen LogP) is 3.25. The molecule has 0 N–H and O–H groups in total. The van der Waals surface area contributed by atoms with Gasteiger partial charge in [-0.25, -0.2) is 4.79 Å². The molecule has 2 heterocycles. The Labute approximate surface area is 163 Å². The van der Waals surface area contributed by atoms with Gasteiger partial charge >= 0.3 is 5.97 Å². The van der Waals surface area contributed by atoms with Crippen LogP contribution in [0.4, 0.5) is 0 Å². The van der Waals surface area contributed by atoms with Crippen LogP contribution in [0.5, 0.6) is 0 Å². The third-order valence-electron chi connectivity index (χ3n) is 4.48. The number of methoxy groups -OCH3 is 1. The number of rotatable bonds is 5. The Bertz CT molecular complexity index is 1070. The van der Waals surface area contributed by atoms with E-state index in [2.05, 4.69) is 16.7 Å². The van der Waals surface area contributed by atoms with Gasteiger partial charge in [0, 0.05) is 43.4 Å². The summed E-state index contributed by atoms with van der Waals surface area (Å²) in [4.78, 5) is 30.2. The number of carbonyl (C=O) groups excluding carboxylic acids is 2. The molecule has 0 aliphatic rings. The van der Waals surface area contributed by atoms with E-state index in [1.807, 2.05) is 19.1 Å². The van der Waals surface area contributed by atoms with Crippen molar-refractivity contribution < 1.29 is 14.3 Å². The maximum absolute atomic E-state index is 12.2. The minimum atomic E-state index is -0.496. The fourth-order valence-corrected chi connectivity index (χ4v) is 3.08. The number of pyridine rings is 1. The lowest BCUT2D eigenvalue weighted by Gasteiger charge is -2.11. The Morgan fingerprint density at radius 3 is 2.57 bits per heavy atom. The van der Waals surface area contributed by atoms with Crippen LogP contribution in [0.2, 0.25) is 0 Å². The highest BCUT2D eigenvalue weighted by Crippen LogP contribution is 2.30. The second kappa shape index (κ2) is 7.64. The molecule has 0 fully saturated rings. The summed E-state index contributed by atoms with van der Waals surface area (Å²) in [6, 6.07) is 7.33. The fraction of sp³-hybridized carbons (Fsp3) is 0.238. The minimum absolute atomic E-state index is 0.113. The molecule has 0 aliphatic heterocycles. The summed E-state index contributed by atoms with van der Waals surface area (Å²) in [6.07, 6.45) is 3.27. The van der Waals surface area contributed by atoms with E-state index in [9.17, 15) is 9.59 Å². The molecule has 1 amide bonds. The first-order valence-electron chi connectivity index (χ1n) is 8.84. The van der Waals surface area contributed by atoms with Crippen molar-refractivity contribution in [2.45, 2.75) is 13.5 Å². The SMILES string of the molecule is C=Cc1cc(-c2ccc(C(=O)N(C)C)cn2)cc2c(C(=O)OC)nn(CC)c12. The zero-order valence-electron chi connectivity index (χ0n) is 16.4. The van der Waals surface area contributed by atoms with Crippen molar-refractivity contribution in [3.8, 4) is 11.3 Å². The molecule has 3 rings (SSSR count). The number of aromatic nitrogens is 3. The number of carbonyl (C=O) groups is 2. The van der Waals surface area contributed by atoms with Gasteiger partial charge in [-0.3, -0.25) is 14.5 Å². The van der Waals surface area contributed by atoms with Gasteiger partial charge in [-0.05, 0) is 31.2 Å². The van der Waals surface area contributed by atoms with Crippen molar-refractivity contribution in [2.24, 2.45) is 0 Å². The molecule has 0 radical (unpaired) electrons. The Morgan fingerprint density at radius 2 is 2.04 bits per heavy atom. The molecule has 7 heteroatoms. The Hall–Kier alpha value is -3.48. The summed E-state index contributed by atoms with van der Waals surface area (Å²) in [6.45, 7) is 6.45. The highest BCUT2D eigenvalue weighted by Gasteiger charge is 2.20. The van der Waals surface area contributed by atoms with Gasteiger partial charge in [-0.2, -0.15) is 5.10 Å². The largest absolute Gasteiger partial charge is 0.464 e. The third kappa shape index (κ3) is 3.26. The van der Waals surface area contributed by atoms with Crippen LogP contribution >= 0.6 is 0 Å². The molecule has 0 saturated carbocycles. The van der Waals surface area contributed by atoms with Gasteiger partial charge in [0.05, 0.1) is 23.9 Å². The maximum atomic E-state index is 12.2. The number of hydrogen-bond donors (Lipinski definition) is 0. The Kier molecular flexibility index (Phi) is 5.26. The van der Waals surface area contributed by atoms with Crippen molar-refractivity contribution >= 4 is 28.9 Å². The zero-order valence-corrected chi connectivity index (χ0v) is 16.4. The first-order chi connectivity index (χ1) is 13.4. The van der Waals surface area contributed by atoms with E-state index >= 15 is 0 Å². The predicted molar refractivity (Wildman–Crippen MR) is 108 cm³/mol. The number of benzene rings is 1. The number of nitrogens with zero attached hydrogens (tertiary/aromatic N) is 4. The van der Waals surface area contributed by atoms with Crippen LogP contribution in [0, 0.1) is 0 Å². The molecule has 7 nitrogen and oxygen atoms in total. The van der Waals surface area contributed by atoms with E-state index < -0.39 is 5.97 Å². The summed E-state index contributed by atoms with van der Waals surface area (Å²) >= 11 is 0. The molecule has 0 atom stereocenters. The molecule has 28 heavy (non-hydrogen) atoms. The van der Waals surface area contributed by atoms with Gasteiger partial charge in [0.2, 0.25) is 0 Å². The quantitative estimate of drug-likeness (QED) is 0.637. The van der Waals surface area contributed by atoms with Crippen LogP contribution in [0.3, 0.4) is 0 Å². The number of amides is 1. The van der Waals surface area contributed by atoms with Gasteiger partial charge in [-0.15, -0.1) is 0 Å². The first kappa shape index (κ1) is 19.3. The highest BCUT2D eigenvalue weighted by atomic mass is 16.5. The van der Waals surface area contributed by atoms with E-state index in [0.29, 0.717) is 23.2 Å². The van der Waals surface area contributed by atoms with E-state index in [4.69, 9.17) is 4.74 Å². The number of ether oxygens (including phenoxy) is 1. The summed E-state index contributed by atoms with van der Waals surface area (Å²) in [7, 11) is 4.72. The molecular weight excluding hydrogens is 356 g/mol. The summed E-state index contributed by atoms with van der Waals surface area (Å²) in [5.74, 6) is -0.609. The first-order valence-corrected chi connectivity index (χ1v) is 8.84. The van der Waals surface area contributed by atoms with Gasteiger partial charge < -0.3 is 9.64 Å². The molecule has 0 saturated heterocycles. The van der Waals surface area contributed by atoms with Crippen molar-refractivity contribution in [3.05, 3.63) is 53.9 Å². The number of aryl methyl sites for hydroxylation is 1. The van der Waals surface area contributed by atoms with Crippen molar-refractivity contribution in [1.29, 1.82) is 0 Å². The van der Waals surface area contributed by atoms with Crippen LogP contribution in [-0.2, 0) is 11.3 Å². The maximum Gasteiger partial charge on any atom is 0.359 e. The number of esters is 1. The second-order valence-electron chi connectivity index (χ2n) is 6.45. The van der Waals surface area contributed by atoms with Crippen molar-refractivity contribution in [1.82, 2.24) is 19.7 Å². The molecule has 2 aromatic heterocycles. The topological polar surface area (TPSA) is 77.3 Å². The van der Waals surface area contributed by atoms with Crippen LogP contribution in [0.25, 0.3) is 28.2 Å².